The molecule has 2 rings (SSSR count). The number of hydrogen-bond acceptors (Lipinski definition) is 2. The zero-order valence-electron chi connectivity index (χ0n) is 9.67. The van der Waals surface area contributed by atoms with Crippen LogP contribution < -0.4 is 5.32 Å². The molecular formula is C13H11BrClNOS. The summed E-state index contributed by atoms with van der Waals surface area (Å²) >= 11 is 10.8. The number of anilines is 1. The van der Waals surface area contributed by atoms with Crippen LogP contribution in [0.4, 0.5) is 5.69 Å². The van der Waals surface area contributed by atoms with Crippen molar-refractivity contribution < 1.29 is 4.79 Å². The van der Waals surface area contributed by atoms with Gasteiger partial charge in [-0.05, 0) is 52.7 Å². The standard InChI is InChI=1S/C13H11BrClNOS/c1-2-9-4-6-12(18-9)13(17)16-11-7-8(15)3-5-10(11)14/h3-7H,2H2,1H3,(H,16,17). The van der Waals surface area contributed by atoms with Crippen LogP contribution in [0.25, 0.3) is 0 Å². The number of rotatable bonds is 3. The van der Waals surface area contributed by atoms with E-state index >= 15 is 0 Å². The maximum Gasteiger partial charge on any atom is 0.265 e. The van der Waals surface area contributed by atoms with Crippen molar-refractivity contribution in [2.45, 2.75) is 13.3 Å². The second-order valence-corrected chi connectivity index (χ2v) is 6.16. The van der Waals surface area contributed by atoms with Crippen molar-refractivity contribution in [2.24, 2.45) is 0 Å². The van der Waals surface area contributed by atoms with Crippen molar-refractivity contribution in [3.63, 3.8) is 0 Å². The molecule has 0 aliphatic carbocycles. The minimum absolute atomic E-state index is 0.109. The number of carbonyl (C=O) groups excluding carboxylic acids is 1. The zero-order chi connectivity index (χ0) is 13.1. The lowest BCUT2D eigenvalue weighted by molar-refractivity contribution is 0.103. The number of carbonyl (C=O) groups is 1. The number of halogens is 2. The van der Waals surface area contributed by atoms with Crippen LogP contribution >= 0.6 is 38.9 Å². The van der Waals surface area contributed by atoms with Crippen LogP contribution in [0.5, 0.6) is 0 Å². The van der Waals surface area contributed by atoms with Gasteiger partial charge in [-0.15, -0.1) is 11.3 Å². The molecule has 94 valence electrons. The topological polar surface area (TPSA) is 29.1 Å². The summed E-state index contributed by atoms with van der Waals surface area (Å²) in [5.74, 6) is -0.109. The highest BCUT2D eigenvalue weighted by molar-refractivity contribution is 9.10. The molecule has 18 heavy (non-hydrogen) atoms. The van der Waals surface area contributed by atoms with Gasteiger partial charge in [0.25, 0.3) is 5.91 Å². The van der Waals surface area contributed by atoms with Gasteiger partial charge < -0.3 is 5.32 Å². The predicted molar refractivity (Wildman–Crippen MR) is 80.8 cm³/mol. The first kappa shape index (κ1) is 13.6. The number of amides is 1. The van der Waals surface area contributed by atoms with Crippen molar-refractivity contribution in [3.05, 3.63) is 49.6 Å². The van der Waals surface area contributed by atoms with Gasteiger partial charge in [-0.1, -0.05) is 18.5 Å². The summed E-state index contributed by atoms with van der Waals surface area (Å²) in [6.07, 6.45) is 0.943. The smallest absolute Gasteiger partial charge is 0.265 e. The van der Waals surface area contributed by atoms with Gasteiger partial charge in [0, 0.05) is 14.4 Å². The maximum atomic E-state index is 12.0. The molecule has 5 heteroatoms. The molecule has 2 aromatic rings. The zero-order valence-corrected chi connectivity index (χ0v) is 12.8. The van der Waals surface area contributed by atoms with Gasteiger partial charge in [0.2, 0.25) is 0 Å². The Bertz CT molecular complexity index is 582. The Labute approximate surface area is 123 Å². The molecule has 1 heterocycles. The molecule has 0 spiro atoms. The van der Waals surface area contributed by atoms with E-state index in [2.05, 4.69) is 28.2 Å². The summed E-state index contributed by atoms with van der Waals surface area (Å²) in [6.45, 7) is 2.07. The first-order valence-electron chi connectivity index (χ1n) is 5.45. The normalized spacial score (nSPS) is 10.4. The van der Waals surface area contributed by atoms with E-state index in [0.717, 1.165) is 10.9 Å². The number of nitrogens with one attached hydrogen (secondary N) is 1. The molecule has 1 aromatic heterocycles. The van der Waals surface area contributed by atoms with E-state index < -0.39 is 0 Å². The summed E-state index contributed by atoms with van der Waals surface area (Å²) in [5.41, 5.74) is 0.680. The van der Waals surface area contributed by atoms with E-state index in [1.165, 1.54) is 16.2 Å². The molecule has 2 nitrogen and oxygen atoms in total. The van der Waals surface area contributed by atoms with E-state index in [-0.39, 0.29) is 5.91 Å². The molecular weight excluding hydrogens is 334 g/mol. The van der Waals surface area contributed by atoms with Crippen LogP contribution in [-0.2, 0) is 6.42 Å². The van der Waals surface area contributed by atoms with Crippen LogP contribution in [0.2, 0.25) is 5.02 Å². The Kier molecular flexibility index (Phi) is 4.43. The fourth-order valence-electron chi connectivity index (χ4n) is 1.47. The average Bonchev–Trinajstić information content (AvgIpc) is 2.82. The van der Waals surface area contributed by atoms with Crippen LogP contribution in [0.1, 0.15) is 21.5 Å². The molecule has 0 aliphatic rings. The number of aryl methyl sites for hydroxylation is 1. The SMILES string of the molecule is CCc1ccc(C(=O)Nc2cc(Cl)ccc2Br)s1. The van der Waals surface area contributed by atoms with Gasteiger partial charge in [-0.2, -0.15) is 0 Å². The third-order valence-electron chi connectivity index (χ3n) is 2.41. The van der Waals surface area contributed by atoms with Crippen molar-refractivity contribution in [3.8, 4) is 0 Å². The lowest BCUT2D eigenvalue weighted by atomic mass is 10.3. The van der Waals surface area contributed by atoms with Gasteiger partial charge in [0.15, 0.2) is 0 Å². The summed E-state index contributed by atoms with van der Waals surface area (Å²) in [6, 6.07) is 9.12. The Hall–Kier alpha value is -0.840. The minimum atomic E-state index is -0.109. The van der Waals surface area contributed by atoms with E-state index in [1.807, 2.05) is 18.2 Å². The second-order valence-electron chi connectivity index (χ2n) is 3.70. The van der Waals surface area contributed by atoms with Crippen LogP contribution in [0, 0.1) is 0 Å². The highest BCUT2D eigenvalue weighted by Gasteiger charge is 2.11. The molecule has 0 fully saturated rings. The summed E-state index contributed by atoms with van der Waals surface area (Å²) in [4.78, 5) is 13.9. The quantitative estimate of drug-likeness (QED) is 0.836. The predicted octanol–water partition coefficient (Wildman–Crippen LogP) is 4.98. The largest absolute Gasteiger partial charge is 0.320 e. The highest BCUT2D eigenvalue weighted by atomic mass is 79.9. The average molecular weight is 345 g/mol. The van der Waals surface area contributed by atoms with Crippen LogP contribution in [0.15, 0.2) is 34.8 Å². The van der Waals surface area contributed by atoms with Gasteiger partial charge in [-0.25, -0.2) is 0 Å². The van der Waals surface area contributed by atoms with Crippen molar-refractivity contribution in [1.29, 1.82) is 0 Å². The van der Waals surface area contributed by atoms with Crippen molar-refractivity contribution >= 4 is 50.5 Å². The summed E-state index contributed by atoms with van der Waals surface area (Å²) in [7, 11) is 0. The monoisotopic (exact) mass is 343 g/mol. The number of benzene rings is 1. The van der Waals surface area contributed by atoms with Crippen molar-refractivity contribution in [2.75, 3.05) is 5.32 Å². The van der Waals surface area contributed by atoms with E-state index in [4.69, 9.17) is 11.6 Å². The Balaban J connectivity index is 2.18. The fourth-order valence-corrected chi connectivity index (χ4v) is 2.83. The molecule has 0 saturated carbocycles. The second kappa shape index (κ2) is 5.87. The summed E-state index contributed by atoms with van der Waals surface area (Å²) < 4.78 is 0.813. The van der Waals surface area contributed by atoms with Gasteiger partial charge in [0.1, 0.15) is 0 Å². The van der Waals surface area contributed by atoms with Gasteiger partial charge in [-0.3, -0.25) is 4.79 Å². The highest BCUT2D eigenvalue weighted by Crippen LogP contribution is 2.27. The first-order valence-corrected chi connectivity index (χ1v) is 7.44. The van der Waals surface area contributed by atoms with E-state index in [1.54, 1.807) is 12.1 Å². The first-order chi connectivity index (χ1) is 8.60. The molecule has 0 atom stereocenters. The lowest BCUT2D eigenvalue weighted by Crippen LogP contribution is -2.10. The Morgan fingerprint density at radius 2 is 2.17 bits per heavy atom. The lowest BCUT2D eigenvalue weighted by Gasteiger charge is -2.06. The molecule has 0 aliphatic heterocycles. The van der Waals surface area contributed by atoms with E-state index in [0.29, 0.717) is 15.6 Å². The van der Waals surface area contributed by atoms with Crippen molar-refractivity contribution in [1.82, 2.24) is 0 Å². The minimum Gasteiger partial charge on any atom is -0.320 e. The number of hydrogen-bond donors (Lipinski definition) is 1. The third-order valence-corrected chi connectivity index (χ3v) is 4.57. The molecule has 1 N–H and O–H groups in total. The Morgan fingerprint density at radius 1 is 1.39 bits per heavy atom. The summed E-state index contributed by atoms with van der Waals surface area (Å²) in [5, 5.41) is 3.44. The fraction of sp³-hybridized carbons (Fsp3) is 0.154. The molecule has 1 aromatic carbocycles. The van der Waals surface area contributed by atoms with Crippen LogP contribution in [0.3, 0.4) is 0 Å². The number of thiophene rings is 1. The van der Waals surface area contributed by atoms with Gasteiger partial charge >= 0.3 is 0 Å². The third kappa shape index (κ3) is 3.13. The molecule has 0 saturated heterocycles. The molecule has 1 amide bonds. The van der Waals surface area contributed by atoms with Crippen LogP contribution in [-0.4, -0.2) is 5.91 Å². The molecule has 0 radical (unpaired) electrons. The van der Waals surface area contributed by atoms with Gasteiger partial charge in [0.05, 0.1) is 10.6 Å². The molecule has 0 bridgehead atoms. The van der Waals surface area contributed by atoms with E-state index in [9.17, 15) is 4.79 Å². The maximum absolute atomic E-state index is 12.0. The Morgan fingerprint density at radius 3 is 2.83 bits per heavy atom. The molecule has 0 unspecified atom stereocenters.